The average molecular weight is 243 g/mol. The lowest BCUT2D eigenvalue weighted by atomic mass is 10.1. The topological polar surface area (TPSA) is 46.9 Å². The summed E-state index contributed by atoms with van der Waals surface area (Å²) < 4.78 is 1.89. The van der Waals surface area contributed by atoms with E-state index in [2.05, 4.69) is 10.3 Å². The van der Waals surface area contributed by atoms with Gasteiger partial charge >= 0.3 is 0 Å². The Hall–Kier alpha value is -2.10. The first-order valence-electron chi connectivity index (χ1n) is 5.87. The smallest absolute Gasteiger partial charge is 0.251 e. The lowest BCUT2D eigenvalue weighted by molar-refractivity contribution is 0.0919. The Balaban J connectivity index is 2.15. The van der Waals surface area contributed by atoms with Crippen molar-refractivity contribution in [2.45, 2.75) is 26.3 Å². The fraction of sp³-hybridized carbons (Fsp3) is 0.286. The summed E-state index contributed by atoms with van der Waals surface area (Å²) in [6, 6.07) is 7.44. The lowest BCUT2D eigenvalue weighted by Crippen LogP contribution is -2.40. The van der Waals surface area contributed by atoms with Crippen LogP contribution >= 0.6 is 0 Å². The third-order valence-electron chi connectivity index (χ3n) is 2.42. The monoisotopic (exact) mass is 243 g/mol. The number of nitrogens with zero attached hydrogens (tertiary/aromatic N) is 2. The van der Waals surface area contributed by atoms with E-state index in [9.17, 15) is 4.79 Å². The van der Waals surface area contributed by atoms with Crippen LogP contribution in [0.3, 0.4) is 0 Å². The maximum atomic E-state index is 11.9. The number of imidazole rings is 1. The number of benzene rings is 1. The summed E-state index contributed by atoms with van der Waals surface area (Å²) in [6.07, 6.45) is 5.31. The van der Waals surface area contributed by atoms with Gasteiger partial charge in [-0.3, -0.25) is 4.79 Å². The van der Waals surface area contributed by atoms with E-state index in [1.165, 1.54) is 0 Å². The molecule has 1 heterocycles. The molecule has 0 fully saturated rings. The van der Waals surface area contributed by atoms with Crippen LogP contribution in [0, 0.1) is 0 Å². The fourth-order valence-corrected chi connectivity index (χ4v) is 1.61. The summed E-state index contributed by atoms with van der Waals surface area (Å²) in [5.41, 5.74) is 1.42. The molecule has 4 heteroatoms. The largest absolute Gasteiger partial charge is 0.347 e. The molecular weight excluding hydrogens is 226 g/mol. The maximum Gasteiger partial charge on any atom is 0.251 e. The highest BCUT2D eigenvalue weighted by Gasteiger charge is 2.14. The van der Waals surface area contributed by atoms with E-state index in [4.69, 9.17) is 0 Å². The Labute approximate surface area is 107 Å². The summed E-state index contributed by atoms with van der Waals surface area (Å²) in [7, 11) is 0. The molecule has 0 atom stereocenters. The first kappa shape index (κ1) is 12.4. The molecule has 0 aliphatic carbocycles. The first-order valence-corrected chi connectivity index (χ1v) is 5.87. The highest BCUT2D eigenvalue weighted by atomic mass is 16.1. The van der Waals surface area contributed by atoms with Crippen molar-refractivity contribution in [2.75, 3.05) is 0 Å². The number of hydrogen-bond donors (Lipinski definition) is 1. The average Bonchev–Trinajstić information content (AvgIpc) is 2.80. The third-order valence-corrected chi connectivity index (χ3v) is 2.42. The normalized spacial score (nSPS) is 11.3. The van der Waals surface area contributed by atoms with Crippen molar-refractivity contribution in [3.63, 3.8) is 0 Å². The molecule has 2 rings (SSSR count). The molecular formula is C14H17N3O. The number of aromatic nitrogens is 2. The zero-order valence-corrected chi connectivity index (χ0v) is 10.8. The van der Waals surface area contributed by atoms with E-state index in [1.807, 2.05) is 55.8 Å². The zero-order valence-electron chi connectivity index (χ0n) is 10.8. The number of carbonyl (C=O) groups excluding carboxylic acids is 1. The summed E-state index contributed by atoms with van der Waals surface area (Å²) in [5, 5.41) is 2.93. The predicted octanol–water partition coefficient (Wildman–Crippen LogP) is 2.40. The van der Waals surface area contributed by atoms with Gasteiger partial charge in [-0.2, -0.15) is 0 Å². The highest BCUT2D eigenvalue weighted by Crippen LogP contribution is 2.10. The molecule has 4 nitrogen and oxygen atoms in total. The van der Waals surface area contributed by atoms with Crippen LogP contribution in [0.1, 0.15) is 31.1 Å². The van der Waals surface area contributed by atoms with Crippen LogP contribution in [0.2, 0.25) is 0 Å². The molecule has 0 bridgehead atoms. The van der Waals surface area contributed by atoms with E-state index in [1.54, 1.807) is 12.5 Å². The first-order chi connectivity index (χ1) is 8.46. The van der Waals surface area contributed by atoms with Crippen LogP contribution in [0.15, 0.2) is 43.0 Å². The number of rotatable bonds is 2. The van der Waals surface area contributed by atoms with Gasteiger partial charge in [0.1, 0.15) is 0 Å². The van der Waals surface area contributed by atoms with Crippen molar-refractivity contribution in [1.29, 1.82) is 0 Å². The molecule has 1 aromatic carbocycles. The lowest BCUT2D eigenvalue weighted by Gasteiger charge is -2.20. The van der Waals surface area contributed by atoms with Crippen molar-refractivity contribution in [1.82, 2.24) is 14.9 Å². The van der Waals surface area contributed by atoms with Crippen molar-refractivity contribution in [3.05, 3.63) is 48.5 Å². The standard InChI is InChI=1S/C14H17N3O/c1-14(2,3)16-13(18)11-4-6-12(7-5-11)17-9-8-15-10-17/h4-10H,1-3H3,(H,16,18). The van der Waals surface area contributed by atoms with Gasteiger partial charge in [-0.25, -0.2) is 4.98 Å². The molecule has 0 spiro atoms. The Morgan fingerprint density at radius 1 is 1.22 bits per heavy atom. The minimum atomic E-state index is -0.222. The van der Waals surface area contributed by atoms with Gasteiger partial charge in [-0.15, -0.1) is 0 Å². The van der Waals surface area contributed by atoms with Crippen LogP contribution < -0.4 is 5.32 Å². The van der Waals surface area contributed by atoms with Gasteiger partial charge in [-0.1, -0.05) is 0 Å². The van der Waals surface area contributed by atoms with Crippen LogP contribution in [0.25, 0.3) is 5.69 Å². The quantitative estimate of drug-likeness (QED) is 0.880. The van der Waals surface area contributed by atoms with Gasteiger partial charge < -0.3 is 9.88 Å². The molecule has 0 unspecified atom stereocenters. The Morgan fingerprint density at radius 3 is 2.39 bits per heavy atom. The Bertz CT molecular complexity index is 521. The summed E-state index contributed by atoms with van der Waals surface area (Å²) in [6.45, 7) is 5.89. The molecule has 1 aromatic heterocycles. The molecule has 2 aromatic rings. The van der Waals surface area contributed by atoms with Gasteiger partial charge in [0, 0.05) is 29.2 Å². The maximum absolute atomic E-state index is 11.9. The number of nitrogens with one attached hydrogen (secondary N) is 1. The van der Waals surface area contributed by atoms with Gasteiger partial charge in [0.2, 0.25) is 0 Å². The van der Waals surface area contributed by atoms with E-state index >= 15 is 0 Å². The number of hydrogen-bond acceptors (Lipinski definition) is 2. The van der Waals surface area contributed by atoms with E-state index < -0.39 is 0 Å². The molecule has 18 heavy (non-hydrogen) atoms. The zero-order chi connectivity index (χ0) is 13.2. The van der Waals surface area contributed by atoms with Gasteiger partial charge in [0.15, 0.2) is 0 Å². The molecule has 94 valence electrons. The van der Waals surface area contributed by atoms with E-state index in [-0.39, 0.29) is 11.4 Å². The van der Waals surface area contributed by atoms with E-state index in [0.717, 1.165) is 5.69 Å². The second-order valence-corrected chi connectivity index (χ2v) is 5.22. The molecule has 0 aliphatic heterocycles. The molecule has 0 radical (unpaired) electrons. The minimum absolute atomic E-state index is 0.0559. The SMILES string of the molecule is CC(C)(C)NC(=O)c1ccc(-n2ccnc2)cc1. The highest BCUT2D eigenvalue weighted by molar-refractivity contribution is 5.94. The van der Waals surface area contributed by atoms with Gasteiger partial charge in [0.05, 0.1) is 6.33 Å². The second kappa shape index (κ2) is 4.64. The molecule has 1 N–H and O–H groups in total. The van der Waals surface area contributed by atoms with Crippen LogP contribution in [0.4, 0.5) is 0 Å². The Morgan fingerprint density at radius 2 is 1.89 bits per heavy atom. The van der Waals surface area contributed by atoms with Gasteiger partial charge in [0.25, 0.3) is 5.91 Å². The van der Waals surface area contributed by atoms with E-state index in [0.29, 0.717) is 5.56 Å². The predicted molar refractivity (Wildman–Crippen MR) is 70.8 cm³/mol. The summed E-state index contributed by atoms with van der Waals surface area (Å²) in [4.78, 5) is 15.9. The summed E-state index contributed by atoms with van der Waals surface area (Å²) >= 11 is 0. The van der Waals surface area contributed by atoms with Gasteiger partial charge in [-0.05, 0) is 45.0 Å². The molecule has 1 amide bonds. The molecule has 0 aliphatic rings. The van der Waals surface area contributed by atoms with Crippen molar-refractivity contribution in [2.24, 2.45) is 0 Å². The Kier molecular flexibility index (Phi) is 3.19. The third kappa shape index (κ3) is 2.97. The van der Waals surface area contributed by atoms with Crippen molar-refractivity contribution < 1.29 is 4.79 Å². The number of amides is 1. The van der Waals surface area contributed by atoms with Crippen molar-refractivity contribution in [3.8, 4) is 5.69 Å². The second-order valence-electron chi connectivity index (χ2n) is 5.22. The molecule has 0 saturated carbocycles. The van der Waals surface area contributed by atoms with Crippen molar-refractivity contribution >= 4 is 5.91 Å². The van der Waals surface area contributed by atoms with Crippen LogP contribution in [-0.4, -0.2) is 21.0 Å². The number of carbonyl (C=O) groups is 1. The minimum Gasteiger partial charge on any atom is -0.347 e. The molecule has 0 saturated heterocycles. The summed E-state index contributed by atoms with van der Waals surface area (Å²) in [5.74, 6) is -0.0559. The van der Waals surface area contributed by atoms with Crippen LogP contribution in [0.5, 0.6) is 0 Å². The fourth-order valence-electron chi connectivity index (χ4n) is 1.61. The van der Waals surface area contributed by atoms with Crippen LogP contribution in [-0.2, 0) is 0 Å².